The van der Waals surface area contributed by atoms with Crippen molar-refractivity contribution in [2.24, 2.45) is 11.6 Å². The van der Waals surface area contributed by atoms with E-state index in [2.05, 4.69) is 26.0 Å². The van der Waals surface area contributed by atoms with Crippen molar-refractivity contribution in [2.45, 2.75) is 32.1 Å². The predicted molar refractivity (Wildman–Crippen MR) is 131 cm³/mol. The average molecular weight is 482 g/mol. The van der Waals surface area contributed by atoms with Gasteiger partial charge in [-0.25, -0.2) is 5.84 Å². The number of alkyl halides is 1. The van der Waals surface area contributed by atoms with Gasteiger partial charge in [0.25, 0.3) is 0 Å². The molecule has 0 unspecified atom stereocenters. The number of benzene rings is 2. The Morgan fingerprint density at radius 1 is 1.06 bits per heavy atom. The van der Waals surface area contributed by atoms with Gasteiger partial charge in [-0.1, -0.05) is 43.6 Å². The smallest absolute Gasteiger partial charge is 0.137 e. The van der Waals surface area contributed by atoms with Crippen LogP contribution in [0.15, 0.2) is 54.4 Å². The zero-order valence-electron chi connectivity index (χ0n) is 18.7. The van der Waals surface area contributed by atoms with Gasteiger partial charge in [0.1, 0.15) is 11.5 Å². The van der Waals surface area contributed by atoms with Crippen LogP contribution in [0, 0.1) is 0 Å². The van der Waals surface area contributed by atoms with Crippen molar-refractivity contribution in [3.8, 4) is 11.5 Å². The monoisotopic (exact) mass is 481 g/mol. The molecule has 0 atom stereocenters. The summed E-state index contributed by atoms with van der Waals surface area (Å²) in [4.78, 5) is 0. The van der Waals surface area contributed by atoms with Gasteiger partial charge >= 0.3 is 0 Å². The Kier molecular flexibility index (Phi) is 10.5. The summed E-state index contributed by atoms with van der Waals surface area (Å²) in [5.41, 5.74) is 7.89. The maximum absolute atomic E-state index is 9.16. The topological polar surface area (TPSA) is 94.0 Å². The van der Waals surface area contributed by atoms with Gasteiger partial charge < -0.3 is 25.3 Å². The first-order chi connectivity index (χ1) is 15.3. The molecule has 0 heterocycles. The Bertz CT molecular complexity index is 873. The van der Waals surface area contributed by atoms with E-state index in [4.69, 9.17) is 49.4 Å². The molecule has 32 heavy (non-hydrogen) atoms. The van der Waals surface area contributed by atoms with Gasteiger partial charge in [-0.05, 0) is 41.8 Å². The summed E-state index contributed by atoms with van der Waals surface area (Å²) in [6, 6.07) is 13.9. The highest BCUT2D eigenvalue weighted by atomic mass is 35.5. The van der Waals surface area contributed by atoms with Gasteiger partial charge in [0.05, 0.1) is 30.5 Å². The lowest BCUT2D eigenvalue weighted by Crippen LogP contribution is -2.34. The zero-order chi connectivity index (χ0) is 23.6. The highest BCUT2D eigenvalue weighted by Gasteiger charge is 2.24. The third kappa shape index (κ3) is 7.20. The Balaban J connectivity index is 1.95. The molecule has 5 N–H and O–H groups in total. The Morgan fingerprint density at radius 2 is 1.72 bits per heavy atom. The van der Waals surface area contributed by atoms with Crippen LogP contribution in [0.3, 0.4) is 0 Å². The summed E-state index contributed by atoms with van der Waals surface area (Å²) < 4.78 is 11.5. The minimum absolute atomic E-state index is 0.194. The average Bonchev–Trinajstić information content (AvgIpc) is 2.79. The lowest BCUT2D eigenvalue weighted by molar-refractivity contribution is 0.232. The lowest BCUT2D eigenvalue weighted by atomic mass is 9.78. The van der Waals surface area contributed by atoms with E-state index in [-0.39, 0.29) is 12.0 Å². The molecule has 0 bridgehead atoms. The fourth-order valence-corrected chi connectivity index (χ4v) is 3.53. The van der Waals surface area contributed by atoms with Crippen LogP contribution in [-0.2, 0) is 5.41 Å². The number of aliphatic hydroxyl groups is 1. The number of hydrazine groups is 1. The second-order valence-corrected chi connectivity index (χ2v) is 8.68. The summed E-state index contributed by atoms with van der Waals surface area (Å²) in [6.07, 6.45) is 2.77. The van der Waals surface area contributed by atoms with Gasteiger partial charge in [-0.15, -0.1) is 11.6 Å². The molecule has 176 valence electrons. The first-order valence-electron chi connectivity index (χ1n) is 10.6. The highest BCUT2D eigenvalue weighted by molar-refractivity contribution is 6.32. The molecule has 0 aliphatic rings. The molecule has 0 aliphatic carbocycles. The van der Waals surface area contributed by atoms with Crippen LogP contribution in [0.1, 0.15) is 37.8 Å². The maximum Gasteiger partial charge on any atom is 0.137 e. The molecular formula is C24H33Cl2N3O3. The van der Waals surface area contributed by atoms with E-state index in [9.17, 15) is 0 Å². The molecule has 2 rings (SSSR count). The lowest BCUT2D eigenvalue weighted by Gasteiger charge is -2.27. The summed E-state index contributed by atoms with van der Waals surface area (Å²) >= 11 is 12.1. The third-order valence-electron chi connectivity index (χ3n) is 5.30. The van der Waals surface area contributed by atoms with Crippen molar-refractivity contribution >= 4 is 23.2 Å². The molecule has 6 nitrogen and oxygen atoms in total. The molecule has 2 aromatic rings. The van der Waals surface area contributed by atoms with Gasteiger partial charge in [0, 0.05) is 30.5 Å². The largest absolute Gasteiger partial charge is 0.494 e. The fourth-order valence-electron chi connectivity index (χ4n) is 3.19. The van der Waals surface area contributed by atoms with Crippen molar-refractivity contribution in [1.29, 1.82) is 0 Å². The minimum Gasteiger partial charge on any atom is -0.494 e. The molecule has 0 aliphatic heterocycles. The number of hydrogen-bond donors (Lipinski definition) is 3. The molecule has 2 aromatic carbocycles. The molecule has 0 aromatic heterocycles. The highest BCUT2D eigenvalue weighted by Crippen LogP contribution is 2.36. The van der Waals surface area contributed by atoms with Crippen LogP contribution in [-0.4, -0.2) is 42.4 Å². The number of nitrogens with two attached hydrogens (primary N) is 2. The van der Waals surface area contributed by atoms with Gasteiger partial charge in [-0.2, -0.15) is 0 Å². The molecule has 0 spiro atoms. The van der Waals surface area contributed by atoms with Crippen LogP contribution in [0.4, 0.5) is 0 Å². The van der Waals surface area contributed by atoms with E-state index >= 15 is 0 Å². The van der Waals surface area contributed by atoms with E-state index in [0.29, 0.717) is 48.5 Å². The van der Waals surface area contributed by atoms with E-state index < -0.39 is 0 Å². The number of hydrogen-bond acceptors (Lipinski definition) is 6. The minimum atomic E-state index is -0.244. The van der Waals surface area contributed by atoms with Crippen molar-refractivity contribution < 1.29 is 14.6 Å². The zero-order valence-corrected chi connectivity index (χ0v) is 20.2. The number of nitrogens with zero attached hydrogens (tertiary/aromatic N) is 1. The first kappa shape index (κ1) is 26.1. The van der Waals surface area contributed by atoms with Gasteiger partial charge in [-0.3, -0.25) is 0 Å². The van der Waals surface area contributed by atoms with E-state index in [1.54, 1.807) is 0 Å². The third-order valence-corrected chi connectivity index (χ3v) is 5.86. The van der Waals surface area contributed by atoms with E-state index in [0.717, 1.165) is 23.3 Å². The van der Waals surface area contributed by atoms with Crippen LogP contribution >= 0.6 is 23.2 Å². The second kappa shape index (κ2) is 12.8. The van der Waals surface area contributed by atoms with Crippen molar-refractivity contribution in [1.82, 2.24) is 5.01 Å². The Labute approximate surface area is 200 Å². The maximum atomic E-state index is 9.16. The van der Waals surface area contributed by atoms with E-state index in [1.807, 2.05) is 30.3 Å². The molecule has 0 fully saturated rings. The van der Waals surface area contributed by atoms with Crippen LogP contribution in [0.5, 0.6) is 11.5 Å². The number of halogens is 2. The van der Waals surface area contributed by atoms with Crippen LogP contribution in [0.2, 0.25) is 5.02 Å². The quantitative estimate of drug-likeness (QED) is 0.170. The second-order valence-electron chi connectivity index (χ2n) is 7.90. The molecule has 8 heteroatoms. The molecule has 0 radical (unpaired) electrons. The summed E-state index contributed by atoms with van der Waals surface area (Å²) in [7, 11) is 0. The predicted octanol–water partition coefficient (Wildman–Crippen LogP) is 4.41. The standard InChI is InChI=1S/C24H33Cl2N3O3/c1-24(2,19-7-10-23(22(26)15-19)32-13-3-11-25)18-5-8-21(9-6-18)31-14-4-12-29(28)20(16-27)17-30/h5-10,15-16,30H,3-4,11-14,17,27-28H2,1-2H3/b20-16-. The molecule has 0 saturated carbocycles. The van der Waals surface area contributed by atoms with Gasteiger partial charge in [0.2, 0.25) is 0 Å². The SMILES string of the molecule is CC(C)(c1ccc(OCCCN(N)/C(=C\N)CO)cc1)c1ccc(OCCCCl)c(Cl)c1. The number of ether oxygens (including phenoxy) is 2. The van der Waals surface area contributed by atoms with E-state index in [1.165, 1.54) is 11.2 Å². The van der Waals surface area contributed by atoms with Crippen LogP contribution in [0.25, 0.3) is 0 Å². The Morgan fingerprint density at radius 3 is 2.31 bits per heavy atom. The summed E-state index contributed by atoms with van der Waals surface area (Å²) in [6.45, 7) is 5.69. The van der Waals surface area contributed by atoms with Crippen molar-refractivity contribution in [3.05, 3.63) is 70.5 Å². The molecular weight excluding hydrogens is 449 g/mol. The molecule has 0 saturated heterocycles. The van der Waals surface area contributed by atoms with Crippen molar-refractivity contribution in [2.75, 3.05) is 32.2 Å². The summed E-state index contributed by atoms with van der Waals surface area (Å²) in [5.74, 6) is 7.85. The number of aliphatic hydroxyl groups excluding tert-OH is 1. The normalized spacial score (nSPS) is 12.0. The van der Waals surface area contributed by atoms with Crippen LogP contribution < -0.4 is 21.1 Å². The van der Waals surface area contributed by atoms with Crippen molar-refractivity contribution in [3.63, 3.8) is 0 Å². The number of rotatable bonds is 13. The molecule has 0 amide bonds. The summed E-state index contributed by atoms with van der Waals surface area (Å²) in [5, 5.41) is 11.2. The van der Waals surface area contributed by atoms with Gasteiger partial charge in [0.15, 0.2) is 0 Å². The fraction of sp³-hybridized carbons (Fsp3) is 0.417. The first-order valence-corrected chi connectivity index (χ1v) is 11.5. The Hall–Kier alpha value is -2.12.